The molecule has 2 aliphatic carbocycles. The Morgan fingerprint density at radius 2 is 0.900 bits per heavy atom. The number of carbonyl (C=O) groups excluding carboxylic acids is 6. The summed E-state index contributed by atoms with van der Waals surface area (Å²) in [5.41, 5.74) is 0.0290. The quantitative estimate of drug-likeness (QED) is 0.427. The third kappa shape index (κ3) is 3.71. The van der Waals surface area contributed by atoms with E-state index in [0.717, 1.165) is 25.7 Å². The second kappa shape index (κ2) is 8.94. The molecule has 0 spiro atoms. The molecule has 2 aliphatic rings. The number of fused-ring (bicyclic) bond motifs is 2. The van der Waals surface area contributed by atoms with Crippen LogP contribution >= 0.6 is 0 Å². The molecule has 0 saturated carbocycles. The molecule has 0 bridgehead atoms. The largest absolute Gasteiger partial charge is 0.298 e. The molecule has 3 rings (SSSR count). The molecule has 0 aliphatic heterocycles. The highest BCUT2D eigenvalue weighted by atomic mass is 16.2. The fourth-order valence-electron chi connectivity index (χ4n) is 4.25. The highest BCUT2D eigenvalue weighted by molar-refractivity contribution is 6.39. The van der Waals surface area contributed by atoms with Gasteiger partial charge in [-0.1, -0.05) is 39.5 Å². The first-order valence-corrected chi connectivity index (χ1v) is 10.7. The third-order valence-corrected chi connectivity index (χ3v) is 5.97. The Balaban J connectivity index is 1.86. The number of rotatable bonds is 10. The predicted molar refractivity (Wildman–Crippen MR) is 109 cm³/mol. The van der Waals surface area contributed by atoms with Crippen molar-refractivity contribution in [2.75, 3.05) is 0 Å². The first-order chi connectivity index (χ1) is 14.3. The number of carbonyl (C=O) groups is 6. The number of benzene rings is 1. The first kappa shape index (κ1) is 21.9. The number of hydrogen-bond donors (Lipinski definition) is 0. The summed E-state index contributed by atoms with van der Waals surface area (Å²) in [5.74, 6) is -6.05. The SMILES string of the molecule is CCCCCC(=O)C1C(=O)c2cc3c(cc2C1=O)C(=O)C(C(=O)CCCCC)C3=O. The molecule has 6 nitrogen and oxygen atoms in total. The summed E-state index contributed by atoms with van der Waals surface area (Å²) in [7, 11) is 0. The zero-order valence-electron chi connectivity index (χ0n) is 17.4. The zero-order valence-corrected chi connectivity index (χ0v) is 17.4. The average Bonchev–Trinajstić information content (AvgIpc) is 3.11. The molecule has 0 aromatic heterocycles. The van der Waals surface area contributed by atoms with Gasteiger partial charge in [-0.05, 0) is 25.0 Å². The Labute approximate surface area is 175 Å². The van der Waals surface area contributed by atoms with E-state index in [9.17, 15) is 28.8 Å². The zero-order chi connectivity index (χ0) is 22.0. The highest BCUT2D eigenvalue weighted by Gasteiger charge is 2.48. The van der Waals surface area contributed by atoms with Crippen LogP contribution in [0.2, 0.25) is 0 Å². The van der Waals surface area contributed by atoms with E-state index >= 15 is 0 Å². The highest BCUT2D eigenvalue weighted by Crippen LogP contribution is 2.36. The minimum absolute atomic E-state index is 0.00724. The molecule has 0 saturated heterocycles. The molecule has 0 heterocycles. The van der Waals surface area contributed by atoms with Crippen molar-refractivity contribution >= 4 is 34.7 Å². The lowest BCUT2D eigenvalue weighted by atomic mass is 9.93. The smallest absolute Gasteiger partial charge is 0.181 e. The number of Topliss-reactive ketones (excluding diaryl/α,β-unsaturated/α-hetero) is 6. The van der Waals surface area contributed by atoms with E-state index < -0.39 is 46.5 Å². The van der Waals surface area contributed by atoms with Crippen LogP contribution in [0.3, 0.4) is 0 Å². The molecule has 0 fully saturated rings. The maximum atomic E-state index is 12.8. The summed E-state index contributed by atoms with van der Waals surface area (Å²) in [5, 5.41) is 0. The summed E-state index contributed by atoms with van der Waals surface area (Å²) in [6.45, 7) is 3.98. The molecule has 0 N–H and O–H groups in total. The van der Waals surface area contributed by atoms with Crippen LogP contribution in [0.25, 0.3) is 0 Å². The van der Waals surface area contributed by atoms with E-state index in [2.05, 4.69) is 0 Å². The normalized spacial score (nSPS) is 16.3. The summed E-state index contributed by atoms with van der Waals surface area (Å²) in [6.07, 6.45) is 5.00. The van der Waals surface area contributed by atoms with Gasteiger partial charge in [0.05, 0.1) is 0 Å². The fourth-order valence-corrected chi connectivity index (χ4v) is 4.25. The summed E-state index contributed by atoms with van der Waals surface area (Å²) < 4.78 is 0. The second-order valence-corrected chi connectivity index (χ2v) is 8.11. The lowest BCUT2D eigenvalue weighted by Crippen LogP contribution is -2.26. The van der Waals surface area contributed by atoms with Crippen LogP contribution in [0.1, 0.15) is 107 Å². The minimum atomic E-state index is -1.38. The number of ketones is 6. The molecule has 1 aromatic rings. The molecular formula is C24H26O6. The van der Waals surface area contributed by atoms with Gasteiger partial charge in [0.1, 0.15) is 11.8 Å². The fraction of sp³-hybridized carbons (Fsp3) is 0.500. The molecule has 30 heavy (non-hydrogen) atoms. The van der Waals surface area contributed by atoms with E-state index in [4.69, 9.17) is 0 Å². The number of hydrogen-bond acceptors (Lipinski definition) is 6. The van der Waals surface area contributed by atoms with Gasteiger partial charge < -0.3 is 0 Å². The Morgan fingerprint density at radius 1 is 0.600 bits per heavy atom. The Hall–Kier alpha value is -2.76. The molecule has 0 atom stereocenters. The van der Waals surface area contributed by atoms with Crippen LogP contribution in [0.15, 0.2) is 12.1 Å². The van der Waals surface area contributed by atoms with Gasteiger partial charge >= 0.3 is 0 Å². The average molecular weight is 410 g/mol. The summed E-state index contributed by atoms with van der Waals surface area (Å²) >= 11 is 0. The first-order valence-electron chi connectivity index (χ1n) is 10.7. The van der Waals surface area contributed by atoms with Crippen LogP contribution in [0.4, 0.5) is 0 Å². The van der Waals surface area contributed by atoms with Gasteiger partial charge in [0.15, 0.2) is 34.7 Å². The van der Waals surface area contributed by atoms with Crippen molar-refractivity contribution in [3.8, 4) is 0 Å². The van der Waals surface area contributed by atoms with Crippen molar-refractivity contribution in [1.82, 2.24) is 0 Å². The lowest BCUT2D eigenvalue weighted by molar-refractivity contribution is -0.121. The van der Waals surface area contributed by atoms with Crippen molar-refractivity contribution in [2.24, 2.45) is 11.8 Å². The maximum Gasteiger partial charge on any atom is 0.181 e. The van der Waals surface area contributed by atoms with E-state index in [1.165, 1.54) is 12.1 Å². The van der Waals surface area contributed by atoms with Gasteiger partial charge in [-0.15, -0.1) is 0 Å². The van der Waals surface area contributed by atoms with Crippen LogP contribution in [-0.4, -0.2) is 34.7 Å². The monoisotopic (exact) mass is 410 g/mol. The van der Waals surface area contributed by atoms with Crippen molar-refractivity contribution < 1.29 is 28.8 Å². The maximum absolute atomic E-state index is 12.8. The van der Waals surface area contributed by atoms with Gasteiger partial charge in [-0.3, -0.25) is 28.8 Å². The second-order valence-electron chi connectivity index (χ2n) is 8.11. The van der Waals surface area contributed by atoms with Crippen LogP contribution in [-0.2, 0) is 9.59 Å². The van der Waals surface area contributed by atoms with Gasteiger partial charge in [0, 0.05) is 35.1 Å². The Bertz CT molecular complexity index is 826. The standard InChI is InChI=1S/C24H26O6/c1-3-5-7-9-17(25)19-21(27)13-11-15-16(12-14(13)22(19)28)24(30)20(23(15)29)18(26)10-8-6-4-2/h11-12,19-20H,3-10H2,1-2H3. The topological polar surface area (TPSA) is 102 Å². The van der Waals surface area contributed by atoms with E-state index in [1.807, 2.05) is 13.8 Å². The van der Waals surface area contributed by atoms with Gasteiger partial charge in [0.25, 0.3) is 0 Å². The Morgan fingerprint density at radius 3 is 1.17 bits per heavy atom. The predicted octanol–water partition coefficient (Wildman–Crippen LogP) is 3.98. The van der Waals surface area contributed by atoms with E-state index in [0.29, 0.717) is 12.8 Å². The van der Waals surface area contributed by atoms with E-state index in [1.54, 1.807) is 0 Å². The van der Waals surface area contributed by atoms with Crippen molar-refractivity contribution in [1.29, 1.82) is 0 Å². The van der Waals surface area contributed by atoms with Crippen LogP contribution in [0.5, 0.6) is 0 Å². The van der Waals surface area contributed by atoms with Gasteiger partial charge in [-0.2, -0.15) is 0 Å². The van der Waals surface area contributed by atoms with Crippen molar-refractivity contribution in [3.05, 3.63) is 34.4 Å². The molecule has 0 unspecified atom stereocenters. The van der Waals surface area contributed by atoms with E-state index in [-0.39, 0.29) is 35.1 Å². The minimum Gasteiger partial charge on any atom is -0.298 e. The van der Waals surface area contributed by atoms with Crippen molar-refractivity contribution in [3.63, 3.8) is 0 Å². The third-order valence-electron chi connectivity index (χ3n) is 5.97. The molecule has 6 heteroatoms. The Kier molecular flexibility index (Phi) is 6.54. The number of unbranched alkanes of at least 4 members (excludes halogenated alkanes) is 4. The molecule has 158 valence electrons. The molecular weight excluding hydrogens is 384 g/mol. The van der Waals surface area contributed by atoms with Gasteiger partial charge in [0.2, 0.25) is 0 Å². The molecule has 0 radical (unpaired) electrons. The summed E-state index contributed by atoms with van der Waals surface area (Å²) in [6, 6.07) is 2.48. The lowest BCUT2D eigenvalue weighted by Gasteiger charge is -2.06. The molecule has 1 aromatic carbocycles. The van der Waals surface area contributed by atoms with Crippen molar-refractivity contribution in [2.45, 2.75) is 65.2 Å². The van der Waals surface area contributed by atoms with Crippen LogP contribution in [0, 0.1) is 11.8 Å². The summed E-state index contributed by atoms with van der Waals surface area (Å²) in [4.78, 5) is 75.9. The van der Waals surface area contributed by atoms with Crippen LogP contribution < -0.4 is 0 Å². The molecule has 0 amide bonds. The van der Waals surface area contributed by atoms with Gasteiger partial charge in [-0.25, -0.2) is 0 Å².